The largest absolute Gasteiger partial charge is 0.361 e. The number of nitrogens with zero attached hydrogens (tertiary/aromatic N) is 2. The zero-order chi connectivity index (χ0) is 43.9. The number of alkyl halides is 1. The van der Waals surface area contributed by atoms with Gasteiger partial charge >= 0.3 is 0 Å². The molecule has 0 aromatic heterocycles. The predicted molar refractivity (Wildman–Crippen MR) is 245 cm³/mol. The number of rotatable bonds is 25. The van der Waals surface area contributed by atoms with Crippen molar-refractivity contribution in [2.24, 2.45) is 11.8 Å². The Morgan fingerprint density at radius 1 is 0.700 bits per heavy atom. The Bertz CT molecular complexity index is 1680. The molecule has 2 aromatic carbocycles. The smallest absolute Gasteiger partial charge is 0.243 e. The van der Waals surface area contributed by atoms with Crippen molar-refractivity contribution in [3.8, 4) is 0 Å². The van der Waals surface area contributed by atoms with Gasteiger partial charge in [-0.3, -0.25) is 33.8 Å². The van der Waals surface area contributed by atoms with Gasteiger partial charge in [-0.1, -0.05) is 131 Å². The van der Waals surface area contributed by atoms with E-state index in [0.29, 0.717) is 38.7 Å². The molecule has 0 radical (unpaired) electrons. The monoisotopic (exact) mass is 942 g/mol. The normalized spacial score (nSPS) is 20.0. The zero-order valence-corrected chi connectivity index (χ0v) is 39.2. The molecule has 4 amide bonds. The third kappa shape index (κ3) is 15.5. The number of ether oxygens (including phenoxy) is 1. The van der Waals surface area contributed by atoms with Gasteiger partial charge in [0, 0.05) is 26.2 Å². The average Bonchev–Trinajstić information content (AvgIpc) is 3.98. The first-order valence-electron chi connectivity index (χ1n) is 22.2. The Labute approximate surface area is 372 Å². The van der Waals surface area contributed by atoms with E-state index in [1.54, 1.807) is 6.92 Å². The van der Waals surface area contributed by atoms with Gasteiger partial charge in [0.05, 0.1) is 22.7 Å². The van der Waals surface area contributed by atoms with E-state index in [2.05, 4.69) is 67.5 Å². The second kappa shape index (κ2) is 23.7. The number of Topliss-reactive ketones (excluding diaryl/α,β-unsaturated/α-hetero) is 1. The van der Waals surface area contributed by atoms with Crippen LogP contribution in [0.5, 0.6) is 0 Å². The molecule has 6 atom stereocenters. The number of carbonyl (C=O) groups excluding carboxylic acids is 5. The highest BCUT2D eigenvalue weighted by Gasteiger charge is 2.50. The summed E-state index contributed by atoms with van der Waals surface area (Å²) in [6.07, 6.45) is 5.71. The molecule has 4 rings (SSSR count). The third-order valence-electron chi connectivity index (χ3n) is 11.7. The van der Waals surface area contributed by atoms with Gasteiger partial charge in [0.15, 0.2) is 5.78 Å². The van der Waals surface area contributed by atoms with Crippen LogP contribution in [-0.4, -0.2) is 112 Å². The standard InChI is InChI=1S/C47H71IN6O6/c1-8-24-47(48,9-2)54-27-25-53(26-28-54)31-41(55)49-37(22-20-35-16-12-10-13-17-35)43(57)52-40(30-34(5)6)45(59)50-38(23-21-36-18-14-11-15-19-36)44(58)51-39(29-33(3)4)42(56)46(7)32-60-46/h10-19,33-34,37-40H,8-9,20-32H2,1-7H3,(H,49,55)(H,50,59)(H,51,58)(H,52,57)/t37-,38-,39-,40-,46+,47?/m0/s1. The Morgan fingerprint density at radius 2 is 1.15 bits per heavy atom. The minimum Gasteiger partial charge on any atom is -0.361 e. The Kier molecular flexibility index (Phi) is 19.5. The fourth-order valence-corrected chi connectivity index (χ4v) is 9.00. The van der Waals surface area contributed by atoms with Crippen LogP contribution in [0.1, 0.15) is 105 Å². The van der Waals surface area contributed by atoms with Gasteiger partial charge in [0.25, 0.3) is 0 Å². The zero-order valence-electron chi connectivity index (χ0n) is 37.1. The lowest BCUT2D eigenvalue weighted by Crippen LogP contribution is -2.59. The van der Waals surface area contributed by atoms with Gasteiger partial charge in [0.1, 0.15) is 23.7 Å². The van der Waals surface area contributed by atoms with E-state index in [0.717, 1.165) is 56.6 Å². The molecule has 332 valence electrons. The highest BCUT2D eigenvalue weighted by atomic mass is 127. The Balaban J connectivity index is 1.49. The van der Waals surface area contributed by atoms with Gasteiger partial charge < -0.3 is 26.0 Å². The van der Waals surface area contributed by atoms with Crippen molar-refractivity contribution in [2.75, 3.05) is 39.3 Å². The molecule has 60 heavy (non-hydrogen) atoms. The van der Waals surface area contributed by atoms with Crippen molar-refractivity contribution < 1.29 is 28.7 Å². The van der Waals surface area contributed by atoms with Crippen LogP contribution >= 0.6 is 22.6 Å². The first-order chi connectivity index (χ1) is 28.5. The molecular formula is C47H71IN6O6. The van der Waals surface area contributed by atoms with E-state index in [4.69, 9.17) is 4.74 Å². The highest BCUT2D eigenvalue weighted by Crippen LogP contribution is 2.34. The van der Waals surface area contributed by atoms with Gasteiger partial charge in [-0.05, 0) is 81.3 Å². The van der Waals surface area contributed by atoms with Gasteiger partial charge in [-0.25, -0.2) is 0 Å². The minimum atomic E-state index is -0.981. The number of carbonyl (C=O) groups is 5. The molecule has 2 fully saturated rings. The van der Waals surface area contributed by atoms with Crippen LogP contribution in [0.4, 0.5) is 0 Å². The number of ketones is 1. The maximum Gasteiger partial charge on any atom is 0.243 e. The SMILES string of the molecule is CCCC(I)(CC)N1CCN(CC(=O)N[C@@H](CCc2ccccc2)C(=O)N[C@@H](CC(C)C)C(=O)N[C@@H](CCc2ccccc2)C(=O)N[C@@H](CC(C)C)C(=O)[C@@]2(C)CO2)CC1. The molecule has 0 aliphatic carbocycles. The van der Waals surface area contributed by atoms with Crippen LogP contribution in [0.25, 0.3) is 0 Å². The van der Waals surface area contributed by atoms with Crippen molar-refractivity contribution in [1.29, 1.82) is 0 Å². The van der Waals surface area contributed by atoms with Gasteiger partial charge in [-0.2, -0.15) is 0 Å². The van der Waals surface area contributed by atoms with Crippen LogP contribution < -0.4 is 21.3 Å². The fraction of sp³-hybridized carbons (Fsp3) is 0.638. The average molecular weight is 943 g/mol. The van der Waals surface area contributed by atoms with E-state index in [9.17, 15) is 24.0 Å². The molecule has 13 heteroatoms. The molecule has 2 saturated heterocycles. The second-order valence-corrected chi connectivity index (χ2v) is 19.8. The summed E-state index contributed by atoms with van der Waals surface area (Å²) >= 11 is 2.60. The Morgan fingerprint density at radius 3 is 1.62 bits per heavy atom. The molecule has 2 aliphatic rings. The number of hydrogen-bond donors (Lipinski definition) is 4. The van der Waals surface area contributed by atoms with Crippen LogP contribution in [0.3, 0.4) is 0 Å². The van der Waals surface area contributed by atoms with E-state index >= 15 is 0 Å². The summed E-state index contributed by atoms with van der Waals surface area (Å²) < 4.78 is 5.56. The maximum absolute atomic E-state index is 14.3. The first-order valence-corrected chi connectivity index (χ1v) is 23.3. The highest BCUT2D eigenvalue weighted by molar-refractivity contribution is 14.1. The van der Waals surface area contributed by atoms with Crippen LogP contribution in [0.2, 0.25) is 0 Å². The van der Waals surface area contributed by atoms with Crippen molar-refractivity contribution in [3.05, 3.63) is 71.8 Å². The molecular weight excluding hydrogens is 871 g/mol. The molecule has 2 aliphatic heterocycles. The number of benzene rings is 2. The minimum absolute atomic E-state index is 0.0207. The first kappa shape index (κ1) is 49.3. The lowest BCUT2D eigenvalue weighted by atomic mass is 9.93. The molecule has 0 bridgehead atoms. The fourth-order valence-electron chi connectivity index (χ4n) is 7.98. The summed E-state index contributed by atoms with van der Waals surface area (Å²) in [6.45, 7) is 17.9. The summed E-state index contributed by atoms with van der Waals surface area (Å²) in [4.78, 5) is 74.3. The van der Waals surface area contributed by atoms with E-state index in [1.165, 1.54) is 0 Å². The quantitative estimate of drug-likeness (QED) is 0.0435. The number of aryl methyl sites for hydroxylation is 2. The number of piperazine rings is 1. The van der Waals surface area contributed by atoms with Gasteiger partial charge in [-0.15, -0.1) is 0 Å². The molecule has 12 nitrogen and oxygen atoms in total. The van der Waals surface area contributed by atoms with E-state index in [-0.39, 0.29) is 40.0 Å². The molecule has 0 spiro atoms. The van der Waals surface area contributed by atoms with Crippen molar-refractivity contribution in [3.63, 3.8) is 0 Å². The number of halogens is 1. The lowest BCUT2D eigenvalue weighted by Gasteiger charge is -2.44. The summed E-state index contributed by atoms with van der Waals surface area (Å²) in [5.74, 6) is -1.69. The topological polar surface area (TPSA) is 152 Å². The third-order valence-corrected chi connectivity index (χ3v) is 13.7. The summed E-state index contributed by atoms with van der Waals surface area (Å²) in [6, 6.07) is 15.9. The van der Waals surface area contributed by atoms with Crippen LogP contribution in [0, 0.1) is 11.8 Å². The summed E-state index contributed by atoms with van der Waals surface area (Å²) in [5, 5.41) is 11.9. The van der Waals surface area contributed by atoms with E-state index in [1.807, 2.05) is 88.4 Å². The predicted octanol–water partition coefficient (Wildman–Crippen LogP) is 5.60. The number of amides is 4. The van der Waals surface area contributed by atoms with E-state index < -0.39 is 47.5 Å². The summed E-state index contributed by atoms with van der Waals surface area (Å²) in [7, 11) is 0. The van der Waals surface area contributed by atoms with Crippen LogP contribution in [0.15, 0.2) is 60.7 Å². The number of hydrogen-bond acceptors (Lipinski definition) is 8. The maximum atomic E-state index is 14.3. The Hall–Kier alpha value is -3.40. The lowest BCUT2D eigenvalue weighted by molar-refractivity contribution is -0.135. The van der Waals surface area contributed by atoms with Crippen molar-refractivity contribution in [1.82, 2.24) is 31.1 Å². The van der Waals surface area contributed by atoms with Crippen molar-refractivity contribution >= 4 is 52.0 Å². The second-order valence-electron chi connectivity index (χ2n) is 17.8. The molecule has 1 unspecified atom stereocenters. The number of nitrogens with one attached hydrogen (secondary N) is 4. The molecule has 4 N–H and O–H groups in total. The van der Waals surface area contributed by atoms with Gasteiger partial charge in [0.2, 0.25) is 23.6 Å². The van der Waals surface area contributed by atoms with Crippen molar-refractivity contribution in [2.45, 2.75) is 140 Å². The number of epoxide rings is 1. The van der Waals surface area contributed by atoms with Crippen LogP contribution in [-0.2, 0) is 41.6 Å². The molecule has 2 heterocycles. The molecule has 2 aromatic rings. The summed E-state index contributed by atoms with van der Waals surface area (Å²) in [5.41, 5.74) is 1.11. The molecule has 0 saturated carbocycles.